The Kier molecular flexibility index (Phi) is 7.14. The molecule has 2 N–H and O–H groups in total. The number of benzene rings is 2. The summed E-state index contributed by atoms with van der Waals surface area (Å²) in [6.45, 7) is 0.333. The average molecular weight is 462 g/mol. The summed E-state index contributed by atoms with van der Waals surface area (Å²) in [6.07, 6.45) is -2.02. The van der Waals surface area contributed by atoms with Gasteiger partial charge in [-0.15, -0.1) is 0 Å². The van der Waals surface area contributed by atoms with Crippen molar-refractivity contribution >= 4 is 40.3 Å². The SMILES string of the molecule is O=C(O)N(CCOc1ccc(I)cc1)C[C@@H](O)c1ccc(Cl)cc1. The Morgan fingerprint density at radius 2 is 1.79 bits per heavy atom. The lowest BCUT2D eigenvalue weighted by atomic mass is 10.1. The predicted octanol–water partition coefficient (Wildman–Crippen LogP) is 4.04. The molecule has 0 fully saturated rings. The van der Waals surface area contributed by atoms with Crippen LogP contribution in [0.4, 0.5) is 4.79 Å². The number of hydrogen-bond acceptors (Lipinski definition) is 3. The second-order valence-corrected chi connectivity index (χ2v) is 6.78. The van der Waals surface area contributed by atoms with Gasteiger partial charge in [0.05, 0.1) is 19.2 Å². The third kappa shape index (κ3) is 5.85. The van der Waals surface area contributed by atoms with Crippen LogP contribution < -0.4 is 4.74 Å². The van der Waals surface area contributed by atoms with E-state index in [-0.39, 0.29) is 19.7 Å². The fraction of sp³-hybridized carbons (Fsp3) is 0.235. The number of aliphatic hydroxyl groups is 1. The second kappa shape index (κ2) is 9.10. The maximum atomic E-state index is 11.3. The van der Waals surface area contributed by atoms with E-state index in [9.17, 15) is 15.0 Å². The Morgan fingerprint density at radius 3 is 2.38 bits per heavy atom. The summed E-state index contributed by atoms with van der Waals surface area (Å²) in [4.78, 5) is 12.5. The smallest absolute Gasteiger partial charge is 0.407 e. The Labute approximate surface area is 159 Å². The highest BCUT2D eigenvalue weighted by Gasteiger charge is 2.18. The highest BCUT2D eigenvalue weighted by molar-refractivity contribution is 14.1. The lowest BCUT2D eigenvalue weighted by molar-refractivity contribution is 0.0894. The van der Waals surface area contributed by atoms with E-state index < -0.39 is 12.2 Å². The molecule has 0 aliphatic carbocycles. The molecular formula is C17H17ClINO4. The van der Waals surface area contributed by atoms with Gasteiger partial charge in [0.25, 0.3) is 0 Å². The van der Waals surface area contributed by atoms with Gasteiger partial charge >= 0.3 is 6.09 Å². The van der Waals surface area contributed by atoms with Crippen LogP contribution in [0.25, 0.3) is 0 Å². The van der Waals surface area contributed by atoms with Crippen LogP contribution in [0.2, 0.25) is 5.02 Å². The van der Waals surface area contributed by atoms with Crippen molar-refractivity contribution < 1.29 is 19.7 Å². The number of ether oxygens (including phenoxy) is 1. The zero-order valence-electron chi connectivity index (χ0n) is 12.7. The summed E-state index contributed by atoms with van der Waals surface area (Å²) >= 11 is 8.00. The molecule has 0 spiro atoms. The second-order valence-electron chi connectivity index (χ2n) is 5.10. The van der Waals surface area contributed by atoms with Crippen molar-refractivity contribution in [3.63, 3.8) is 0 Å². The van der Waals surface area contributed by atoms with Crippen LogP contribution in [0.5, 0.6) is 5.75 Å². The third-order valence-corrected chi connectivity index (χ3v) is 4.33. The summed E-state index contributed by atoms with van der Waals surface area (Å²) in [5.41, 5.74) is 0.615. The minimum absolute atomic E-state index is 0.0347. The van der Waals surface area contributed by atoms with Gasteiger partial charge in [-0.25, -0.2) is 4.79 Å². The number of aliphatic hydroxyl groups excluding tert-OH is 1. The molecule has 2 aromatic carbocycles. The molecule has 0 saturated heterocycles. The number of nitrogens with zero attached hydrogens (tertiary/aromatic N) is 1. The van der Waals surface area contributed by atoms with E-state index in [1.807, 2.05) is 24.3 Å². The molecule has 7 heteroatoms. The van der Waals surface area contributed by atoms with Gasteiger partial charge in [-0.2, -0.15) is 0 Å². The molecule has 5 nitrogen and oxygen atoms in total. The van der Waals surface area contributed by atoms with Crippen LogP contribution in [-0.4, -0.2) is 40.9 Å². The molecule has 0 aliphatic rings. The fourth-order valence-corrected chi connectivity index (χ4v) is 2.55. The topological polar surface area (TPSA) is 70.0 Å². The van der Waals surface area contributed by atoms with Crippen molar-refractivity contribution in [1.82, 2.24) is 4.90 Å². The molecule has 2 rings (SSSR count). The molecule has 1 atom stereocenters. The lowest BCUT2D eigenvalue weighted by Crippen LogP contribution is -2.36. The highest BCUT2D eigenvalue weighted by atomic mass is 127. The number of amides is 1. The van der Waals surface area contributed by atoms with Crippen LogP contribution in [0.1, 0.15) is 11.7 Å². The van der Waals surface area contributed by atoms with Gasteiger partial charge in [-0.05, 0) is 64.6 Å². The maximum Gasteiger partial charge on any atom is 0.407 e. The fourth-order valence-electron chi connectivity index (χ4n) is 2.07. The van der Waals surface area contributed by atoms with E-state index in [2.05, 4.69) is 22.6 Å². The summed E-state index contributed by atoms with van der Waals surface area (Å²) in [7, 11) is 0. The molecule has 0 heterocycles. The molecule has 0 saturated carbocycles. The van der Waals surface area contributed by atoms with Crippen LogP contribution in [0.15, 0.2) is 48.5 Å². The van der Waals surface area contributed by atoms with E-state index in [0.29, 0.717) is 16.3 Å². The van der Waals surface area contributed by atoms with Gasteiger partial charge in [0.2, 0.25) is 0 Å². The third-order valence-electron chi connectivity index (χ3n) is 3.36. The number of carbonyl (C=O) groups is 1. The molecule has 1 amide bonds. The first-order valence-corrected chi connectivity index (χ1v) is 8.71. The first-order valence-electron chi connectivity index (χ1n) is 7.25. The zero-order chi connectivity index (χ0) is 17.5. The van der Waals surface area contributed by atoms with Gasteiger partial charge in [0, 0.05) is 8.59 Å². The standard InChI is InChI=1S/C17H17ClINO4/c18-13-3-1-12(2-4-13)16(21)11-20(17(22)23)9-10-24-15-7-5-14(19)6-8-15/h1-8,16,21H,9-11H2,(H,22,23)/t16-/m1/s1. The number of carboxylic acid groups (broad SMARTS) is 1. The quantitative estimate of drug-likeness (QED) is 0.611. The van der Waals surface area contributed by atoms with Crippen LogP contribution in [-0.2, 0) is 0 Å². The number of halogens is 2. The van der Waals surface area contributed by atoms with Crippen LogP contribution in [0.3, 0.4) is 0 Å². The van der Waals surface area contributed by atoms with E-state index >= 15 is 0 Å². The Hall–Kier alpha value is -1.51. The average Bonchev–Trinajstić information content (AvgIpc) is 2.56. The van der Waals surface area contributed by atoms with Crippen molar-refractivity contribution in [2.24, 2.45) is 0 Å². The van der Waals surface area contributed by atoms with Gasteiger partial charge in [0.15, 0.2) is 0 Å². The van der Waals surface area contributed by atoms with Crippen molar-refractivity contribution in [1.29, 1.82) is 0 Å². The molecule has 24 heavy (non-hydrogen) atoms. The van der Waals surface area contributed by atoms with Crippen molar-refractivity contribution in [3.8, 4) is 5.75 Å². The van der Waals surface area contributed by atoms with E-state index in [1.165, 1.54) is 0 Å². The first kappa shape index (κ1) is 18.8. The van der Waals surface area contributed by atoms with E-state index in [0.717, 1.165) is 8.47 Å². The largest absolute Gasteiger partial charge is 0.492 e. The van der Waals surface area contributed by atoms with Crippen molar-refractivity contribution in [3.05, 3.63) is 62.7 Å². The molecule has 0 radical (unpaired) electrons. The van der Waals surface area contributed by atoms with Gasteiger partial charge in [-0.3, -0.25) is 0 Å². The van der Waals surface area contributed by atoms with Crippen molar-refractivity contribution in [2.45, 2.75) is 6.10 Å². The van der Waals surface area contributed by atoms with Gasteiger partial charge in [-0.1, -0.05) is 23.7 Å². The van der Waals surface area contributed by atoms with E-state index in [4.69, 9.17) is 16.3 Å². The van der Waals surface area contributed by atoms with Crippen LogP contribution in [0, 0.1) is 3.57 Å². The summed E-state index contributed by atoms with van der Waals surface area (Å²) < 4.78 is 6.63. The molecule has 0 aliphatic heterocycles. The van der Waals surface area contributed by atoms with Crippen LogP contribution >= 0.6 is 34.2 Å². The molecule has 128 valence electrons. The maximum absolute atomic E-state index is 11.3. The Balaban J connectivity index is 1.88. The van der Waals surface area contributed by atoms with Crippen molar-refractivity contribution in [2.75, 3.05) is 19.7 Å². The Morgan fingerprint density at radius 1 is 1.17 bits per heavy atom. The monoisotopic (exact) mass is 461 g/mol. The molecule has 2 aromatic rings. The summed E-state index contributed by atoms with van der Waals surface area (Å²) in [5.74, 6) is 0.680. The minimum Gasteiger partial charge on any atom is -0.492 e. The number of rotatable bonds is 7. The molecule has 0 aromatic heterocycles. The van der Waals surface area contributed by atoms with E-state index in [1.54, 1.807) is 24.3 Å². The predicted molar refractivity (Wildman–Crippen MR) is 101 cm³/mol. The first-order chi connectivity index (χ1) is 11.5. The highest BCUT2D eigenvalue weighted by Crippen LogP contribution is 2.18. The summed E-state index contributed by atoms with van der Waals surface area (Å²) in [6, 6.07) is 14.1. The normalized spacial score (nSPS) is 11.8. The molecule has 0 unspecified atom stereocenters. The van der Waals surface area contributed by atoms with Gasteiger partial charge in [0.1, 0.15) is 12.4 Å². The Bertz CT molecular complexity index is 663. The lowest BCUT2D eigenvalue weighted by Gasteiger charge is -2.22. The zero-order valence-corrected chi connectivity index (χ0v) is 15.6. The van der Waals surface area contributed by atoms with Gasteiger partial charge < -0.3 is 19.8 Å². The molecular weight excluding hydrogens is 445 g/mol. The minimum atomic E-state index is -1.10. The number of hydrogen-bond donors (Lipinski definition) is 2. The molecule has 0 bridgehead atoms. The summed E-state index contributed by atoms with van der Waals surface area (Å²) in [5, 5.41) is 20.0.